The molecule has 2 aromatic rings. The summed E-state index contributed by atoms with van der Waals surface area (Å²) in [7, 11) is 5.20. The van der Waals surface area contributed by atoms with Crippen molar-refractivity contribution < 1.29 is 18.3 Å². The number of likely N-dealkylation sites (N-methyl/N-ethyl adjacent to an activating group) is 1. The zero-order chi connectivity index (χ0) is 20.1. The highest BCUT2D eigenvalue weighted by Gasteiger charge is 2.22. The summed E-state index contributed by atoms with van der Waals surface area (Å²) in [6, 6.07) is 9.10. The standard InChI is InChI=1S/C20H24F2N4O2.HI/c1-23-20(24-10-13-7-8-17-18(9-13)28-12-27-17)25-11-16(26(2)3)19-14(21)5-4-6-15(19)22;/h4-9,16H,10-12H2,1-3H3,(H2,23,24,25);1H. The van der Waals surface area contributed by atoms with Crippen molar-refractivity contribution in [1.29, 1.82) is 0 Å². The van der Waals surface area contributed by atoms with E-state index in [-0.39, 0.29) is 42.9 Å². The summed E-state index contributed by atoms with van der Waals surface area (Å²) < 4.78 is 39.0. The largest absolute Gasteiger partial charge is 0.454 e. The number of nitrogens with one attached hydrogen (secondary N) is 2. The smallest absolute Gasteiger partial charge is 0.231 e. The summed E-state index contributed by atoms with van der Waals surface area (Å²) in [5.41, 5.74) is 1.03. The molecule has 1 unspecified atom stereocenters. The Labute approximate surface area is 186 Å². The second-order valence-electron chi connectivity index (χ2n) is 6.61. The quantitative estimate of drug-likeness (QED) is 0.350. The van der Waals surface area contributed by atoms with Gasteiger partial charge in [0.2, 0.25) is 6.79 Å². The molecule has 6 nitrogen and oxygen atoms in total. The minimum absolute atomic E-state index is 0. The van der Waals surface area contributed by atoms with Gasteiger partial charge in [-0.25, -0.2) is 8.78 Å². The average molecular weight is 518 g/mol. The molecule has 1 heterocycles. The van der Waals surface area contributed by atoms with Gasteiger partial charge in [0, 0.05) is 25.7 Å². The van der Waals surface area contributed by atoms with Crippen molar-refractivity contribution in [3.8, 4) is 11.5 Å². The van der Waals surface area contributed by atoms with E-state index in [0.717, 1.165) is 11.3 Å². The van der Waals surface area contributed by atoms with Gasteiger partial charge in [-0.3, -0.25) is 4.99 Å². The molecule has 29 heavy (non-hydrogen) atoms. The number of guanidine groups is 1. The van der Waals surface area contributed by atoms with Gasteiger partial charge in [0.05, 0.1) is 6.04 Å². The highest BCUT2D eigenvalue weighted by Crippen LogP contribution is 2.32. The summed E-state index contributed by atoms with van der Waals surface area (Å²) in [6.45, 7) is 1.02. The number of aliphatic imine (C=N–C) groups is 1. The van der Waals surface area contributed by atoms with Gasteiger partial charge in [-0.2, -0.15) is 0 Å². The number of nitrogens with zero attached hydrogens (tertiary/aromatic N) is 2. The maximum absolute atomic E-state index is 14.2. The zero-order valence-electron chi connectivity index (χ0n) is 16.5. The van der Waals surface area contributed by atoms with Gasteiger partial charge < -0.3 is 25.0 Å². The molecule has 0 spiro atoms. The molecule has 9 heteroatoms. The van der Waals surface area contributed by atoms with Gasteiger partial charge in [-0.15, -0.1) is 24.0 Å². The minimum Gasteiger partial charge on any atom is -0.454 e. The third kappa shape index (κ3) is 5.69. The molecule has 0 bridgehead atoms. The molecule has 0 saturated carbocycles. The Hall–Kier alpha value is -2.14. The van der Waals surface area contributed by atoms with Crippen molar-refractivity contribution in [3.05, 3.63) is 59.2 Å². The van der Waals surface area contributed by atoms with E-state index in [0.29, 0.717) is 18.3 Å². The van der Waals surface area contributed by atoms with Crippen LogP contribution in [0.3, 0.4) is 0 Å². The van der Waals surface area contributed by atoms with Crippen LogP contribution >= 0.6 is 24.0 Å². The maximum Gasteiger partial charge on any atom is 0.231 e. The fraction of sp³-hybridized carbons (Fsp3) is 0.350. The normalized spacial score (nSPS) is 13.8. The van der Waals surface area contributed by atoms with Crippen LogP contribution in [0, 0.1) is 11.6 Å². The molecule has 0 amide bonds. The lowest BCUT2D eigenvalue weighted by molar-refractivity contribution is 0.174. The summed E-state index contributed by atoms with van der Waals surface area (Å²) in [4.78, 5) is 5.94. The van der Waals surface area contributed by atoms with Crippen molar-refractivity contribution >= 4 is 29.9 Å². The molecule has 1 aliphatic rings. The molecule has 158 valence electrons. The lowest BCUT2D eigenvalue weighted by atomic mass is 10.0. The first kappa shape index (κ1) is 23.1. The van der Waals surface area contributed by atoms with Crippen LogP contribution in [0.25, 0.3) is 0 Å². The second kappa shape index (κ2) is 10.6. The summed E-state index contributed by atoms with van der Waals surface area (Å²) >= 11 is 0. The molecule has 1 aliphatic heterocycles. The number of rotatable bonds is 6. The third-order valence-corrected chi connectivity index (χ3v) is 4.54. The van der Waals surface area contributed by atoms with Gasteiger partial charge in [0.15, 0.2) is 17.5 Å². The lowest BCUT2D eigenvalue weighted by Gasteiger charge is -2.26. The van der Waals surface area contributed by atoms with Gasteiger partial charge in [0.1, 0.15) is 11.6 Å². The van der Waals surface area contributed by atoms with Crippen LogP contribution in [0.4, 0.5) is 8.78 Å². The molecule has 0 aliphatic carbocycles. The average Bonchev–Trinajstić information content (AvgIpc) is 3.13. The molecule has 2 aromatic carbocycles. The van der Waals surface area contributed by atoms with Crippen LogP contribution in [0.5, 0.6) is 11.5 Å². The SMILES string of the molecule is CN=C(NCc1ccc2c(c1)OCO2)NCC(c1c(F)cccc1F)N(C)C.I. The summed E-state index contributed by atoms with van der Waals surface area (Å²) in [5.74, 6) is 0.839. The van der Waals surface area contributed by atoms with Gasteiger partial charge in [-0.05, 0) is 43.9 Å². The zero-order valence-corrected chi connectivity index (χ0v) is 18.9. The van der Waals surface area contributed by atoms with Crippen LogP contribution < -0.4 is 20.1 Å². The number of benzene rings is 2. The van der Waals surface area contributed by atoms with E-state index in [9.17, 15) is 8.78 Å². The predicted molar refractivity (Wildman–Crippen MR) is 119 cm³/mol. The van der Waals surface area contributed by atoms with Crippen LogP contribution in [0.15, 0.2) is 41.4 Å². The first-order valence-electron chi connectivity index (χ1n) is 8.93. The van der Waals surface area contributed by atoms with E-state index in [1.165, 1.54) is 18.2 Å². The van der Waals surface area contributed by atoms with E-state index in [2.05, 4.69) is 15.6 Å². The first-order valence-corrected chi connectivity index (χ1v) is 8.93. The lowest BCUT2D eigenvalue weighted by Crippen LogP contribution is -2.41. The van der Waals surface area contributed by atoms with E-state index >= 15 is 0 Å². The van der Waals surface area contributed by atoms with E-state index in [1.54, 1.807) is 26.0 Å². The molecule has 2 N–H and O–H groups in total. The minimum atomic E-state index is -0.566. The first-order chi connectivity index (χ1) is 13.5. The van der Waals surface area contributed by atoms with Gasteiger partial charge in [-0.1, -0.05) is 12.1 Å². The van der Waals surface area contributed by atoms with Crippen molar-refractivity contribution in [2.24, 2.45) is 4.99 Å². The number of hydrogen-bond donors (Lipinski definition) is 2. The van der Waals surface area contributed by atoms with E-state index < -0.39 is 17.7 Å². The Morgan fingerprint density at radius 3 is 2.45 bits per heavy atom. The van der Waals surface area contributed by atoms with Crippen LogP contribution in [0.2, 0.25) is 0 Å². The predicted octanol–water partition coefficient (Wildman–Crippen LogP) is 3.28. The van der Waals surface area contributed by atoms with Gasteiger partial charge >= 0.3 is 0 Å². The fourth-order valence-electron chi connectivity index (χ4n) is 3.02. The third-order valence-electron chi connectivity index (χ3n) is 4.54. The molecular formula is C20H25F2IN4O2. The van der Waals surface area contributed by atoms with E-state index in [4.69, 9.17) is 9.47 Å². The number of fused-ring (bicyclic) bond motifs is 1. The van der Waals surface area contributed by atoms with Crippen LogP contribution in [-0.2, 0) is 6.54 Å². The molecule has 0 aromatic heterocycles. The molecule has 0 saturated heterocycles. The molecule has 0 radical (unpaired) electrons. The van der Waals surface area contributed by atoms with Crippen LogP contribution in [-0.4, -0.2) is 45.3 Å². The van der Waals surface area contributed by atoms with Crippen molar-refractivity contribution in [2.45, 2.75) is 12.6 Å². The summed E-state index contributed by atoms with van der Waals surface area (Å²) in [6.07, 6.45) is 0. The number of halogens is 3. The maximum atomic E-state index is 14.2. The highest BCUT2D eigenvalue weighted by molar-refractivity contribution is 14.0. The Morgan fingerprint density at radius 2 is 1.79 bits per heavy atom. The van der Waals surface area contributed by atoms with Crippen molar-refractivity contribution in [3.63, 3.8) is 0 Å². The fourth-order valence-corrected chi connectivity index (χ4v) is 3.02. The second-order valence-corrected chi connectivity index (χ2v) is 6.61. The van der Waals surface area contributed by atoms with Crippen LogP contribution in [0.1, 0.15) is 17.2 Å². The molecular weight excluding hydrogens is 493 g/mol. The van der Waals surface area contributed by atoms with Gasteiger partial charge in [0.25, 0.3) is 0 Å². The Balaban J connectivity index is 0.00000300. The Morgan fingerprint density at radius 1 is 1.10 bits per heavy atom. The monoisotopic (exact) mass is 518 g/mol. The molecule has 3 rings (SSSR count). The number of hydrogen-bond acceptors (Lipinski definition) is 4. The van der Waals surface area contributed by atoms with E-state index in [1.807, 2.05) is 18.2 Å². The van der Waals surface area contributed by atoms with Crippen molar-refractivity contribution in [2.75, 3.05) is 34.5 Å². The number of ether oxygens (including phenoxy) is 2. The Kier molecular flexibility index (Phi) is 8.45. The molecule has 1 atom stereocenters. The van der Waals surface area contributed by atoms with Crippen molar-refractivity contribution in [1.82, 2.24) is 15.5 Å². The topological polar surface area (TPSA) is 58.1 Å². The molecule has 0 fully saturated rings. The summed E-state index contributed by atoms with van der Waals surface area (Å²) in [5, 5.41) is 6.32. The highest BCUT2D eigenvalue weighted by atomic mass is 127. The Bertz CT molecular complexity index is 844.